The Labute approximate surface area is 248 Å². The molecule has 1 saturated heterocycles. The lowest BCUT2D eigenvalue weighted by atomic mass is 9.94. The molecule has 0 spiro atoms. The number of anilines is 2. The number of hydrogen-bond acceptors (Lipinski definition) is 9. The third-order valence-electron chi connectivity index (χ3n) is 7.81. The number of benzene rings is 1. The van der Waals surface area contributed by atoms with Crippen LogP contribution < -0.4 is 15.4 Å². The zero-order valence-electron chi connectivity index (χ0n) is 23.1. The monoisotopic (exact) mass is 625 g/mol. The van der Waals surface area contributed by atoms with Crippen molar-refractivity contribution < 1.29 is 36.6 Å². The van der Waals surface area contributed by atoms with Gasteiger partial charge in [-0.1, -0.05) is 11.6 Å². The Kier molecular flexibility index (Phi) is 7.81. The number of rotatable bonds is 4. The number of amides is 1. The molecule has 1 fully saturated rings. The van der Waals surface area contributed by atoms with E-state index in [0.29, 0.717) is 68.6 Å². The average molecular weight is 626 g/mol. The van der Waals surface area contributed by atoms with Crippen molar-refractivity contribution in [3.05, 3.63) is 56.7 Å². The highest BCUT2D eigenvalue weighted by molar-refractivity contribution is 6.34. The summed E-state index contributed by atoms with van der Waals surface area (Å²) in [7, 11) is 1.37. The van der Waals surface area contributed by atoms with Crippen molar-refractivity contribution in [3.63, 3.8) is 0 Å². The summed E-state index contributed by atoms with van der Waals surface area (Å²) in [5.41, 5.74) is 5.07. The van der Waals surface area contributed by atoms with Crippen LogP contribution in [0.1, 0.15) is 51.1 Å². The lowest BCUT2D eigenvalue weighted by Crippen LogP contribution is -2.41. The molecule has 5 heterocycles. The number of carbonyl (C=O) groups is 1. The van der Waals surface area contributed by atoms with E-state index in [-0.39, 0.29) is 42.2 Å². The third kappa shape index (κ3) is 5.45. The number of halogens is 5. The lowest BCUT2D eigenvalue weighted by molar-refractivity contribution is -0.140. The molecule has 16 heteroatoms. The van der Waals surface area contributed by atoms with Crippen molar-refractivity contribution in [3.8, 4) is 6.01 Å². The van der Waals surface area contributed by atoms with E-state index in [1.54, 1.807) is 9.58 Å². The molecule has 230 valence electrons. The Morgan fingerprint density at radius 2 is 1.93 bits per heavy atom. The van der Waals surface area contributed by atoms with Crippen molar-refractivity contribution in [2.75, 3.05) is 50.6 Å². The molecule has 6 rings (SSSR count). The van der Waals surface area contributed by atoms with E-state index in [0.717, 1.165) is 12.1 Å². The molecule has 0 aliphatic carbocycles. The Balaban J connectivity index is 1.33. The predicted molar refractivity (Wildman–Crippen MR) is 145 cm³/mol. The quantitative estimate of drug-likeness (QED) is 0.341. The molecule has 0 bridgehead atoms. The second kappa shape index (κ2) is 11.4. The van der Waals surface area contributed by atoms with E-state index < -0.39 is 34.9 Å². The Bertz CT molecular complexity index is 1560. The number of hydrogen-bond donors (Lipinski definition) is 1. The number of nitrogens with zero attached hydrogens (tertiary/aromatic N) is 6. The fourth-order valence-corrected chi connectivity index (χ4v) is 5.93. The maximum Gasteiger partial charge on any atom is 0.416 e. The zero-order chi connectivity index (χ0) is 30.5. The van der Waals surface area contributed by atoms with Crippen LogP contribution in [-0.4, -0.2) is 70.5 Å². The van der Waals surface area contributed by atoms with Gasteiger partial charge < -0.3 is 29.7 Å². The number of methoxy groups -OCH3 is 1. The van der Waals surface area contributed by atoms with Crippen LogP contribution in [0.15, 0.2) is 12.1 Å². The number of aromatic nitrogens is 4. The van der Waals surface area contributed by atoms with E-state index in [9.17, 15) is 18.0 Å². The first kappa shape index (κ1) is 29.4. The minimum Gasteiger partial charge on any atom is -0.467 e. The van der Waals surface area contributed by atoms with Crippen LogP contribution in [0.5, 0.6) is 6.01 Å². The van der Waals surface area contributed by atoms with Crippen LogP contribution in [0.4, 0.5) is 29.1 Å². The molecule has 0 saturated carbocycles. The number of nitrogen functional groups attached to an aromatic ring is 1. The predicted octanol–water partition coefficient (Wildman–Crippen LogP) is 3.77. The number of ether oxygens (including phenoxy) is 3. The smallest absolute Gasteiger partial charge is 0.416 e. The largest absolute Gasteiger partial charge is 0.467 e. The second-order valence-electron chi connectivity index (χ2n) is 10.4. The van der Waals surface area contributed by atoms with Gasteiger partial charge in [0.25, 0.3) is 5.91 Å². The normalized spacial score (nSPS) is 19.1. The fraction of sp³-hybridized carbons (Fsp3) is 0.481. The molecule has 1 atom stereocenters. The molecule has 3 aliphatic heterocycles. The lowest BCUT2D eigenvalue weighted by Gasteiger charge is -2.31. The minimum absolute atomic E-state index is 0.00877. The van der Waals surface area contributed by atoms with E-state index >= 15 is 4.39 Å². The van der Waals surface area contributed by atoms with Crippen molar-refractivity contribution in [1.29, 1.82) is 0 Å². The molecule has 0 radical (unpaired) electrons. The number of carbonyl (C=O) groups excluding carboxylic acids is 1. The average Bonchev–Trinajstić information content (AvgIpc) is 3.16. The summed E-state index contributed by atoms with van der Waals surface area (Å²) in [6, 6.07) is 1.63. The van der Waals surface area contributed by atoms with Crippen LogP contribution in [0, 0.1) is 5.82 Å². The van der Waals surface area contributed by atoms with E-state index in [4.69, 9.17) is 31.5 Å². The molecule has 1 amide bonds. The van der Waals surface area contributed by atoms with Crippen LogP contribution in [0.3, 0.4) is 0 Å². The van der Waals surface area contributed by atoms with Gasteiger partial charge in [0.2, 0.25) is 0 Å². The van der Waals surface area contributed by atoms with Crippen LogP contribution >= 0.6 is 11.6 Å². The molecule has 3 aromatic rings. The standard InChI is InChI=1S/C27H28ClF4N7O4/c1-41-26-34-17-11-19(20-15(27(30,31)32)3-4-16(33)22(20)29)43-13-14(17)24(35-26)38-5-2-6-39-18(12-38)21(28)23(36-39)25(40)37-7-9-42-10-8-37/h3-4,19H,2,5-13,33H2,1H3. The Morgan fingerprint density at radius 3 is 2.65 bits per heavy atom. The van der Waals surface area contributed by atoms with Gasteiger partial charge in [0, 0.05) is 43.7 Å². The number of fused-ring (bicyclic) bond motifs is 2. The third-order valence-corrected chi connectivity index (χ3v) is 8.21. The van der Waals surface area contributed by atoms with Gasteiger partial charge in [0.05, 0.1) is 67.2 Å². The van der Waals surface area contributed by atoms with Crippen molar-refractivity contribution in [2.24, 2.45) is 0 Å². The highest BCUT2D eigenvalue weighted by atomic mass is 35.5. The summed E-state index contributed by atoms with van der Waals surface area (Å²) in [5, 5.41) is 4.77. The topological polar surface area (TPSA) is 121 Å². The summed E-state index contributed by atoms with van der Waals surface area (Å²) in [6.07, 6.45) is -5.66. The maximum absolute atomic E-state index is 15.0. The first-order valence-electron chi connectivity index (χ1n) is 13.6. The number of morpholine rings is 1. The summed E-state index contributed by atoms with van der Waals surface area (Å²) < 4.78 is 74.8. The fourth-order valence-electron chi connectivity index (χ4n) is 5.66. The zero-order valence-corrected chi connectivity index (χ0v) is 23.8. The summed E-state index contributed by atoms with van der Waals surface area (Å²) in [5.74, 6) is -1.01. The van der Waals surface area contributed by atoms with E-state index in [1.165, 1.54) is 7.11 Å². The molecule has 43 heavy (non-hydrogen) atoms. The number of aryl methyl sites for hydroxylation is 1. The Hall–Kier alpha value is -3.69. The number of alkyl halides is 3. The summed E-state index contributed by atoms with van der Waals surface area (Å²) in [4.78, 5) is 25.7. The highest BCUT2D eigenvalue weighted by Gasteiger charge is 2.40. The van der Waals surface area contributed by atoms with Gasteiger partial charge in [-0.3, -0.25) is 9.48 Å². The molecular formula is C27H28ClF4N7O4. The second-order valence-corrected chi connectivity index (χ2v) is 10.8. The van der Waals surface area contributed by atoms with Gasteiger partial charge in [-0.25, -0.2) is 4.39 Å². The van der Waals surface area contributed by atoms with E-state index in [1.807, 2.05) is 4.90 Å². The number of nitrogens with two attached hydrogens (primary N) is 1. The van der Waals surface area contributed by atoms with E-state index in [2.05, 4.69) is 15.1 Å². The minimum atomic E-state index is -4.82. The van der Waals surface area contributed by atoms with Crippen LogP contribution in [0.2, 0.25) is 5.02 Å². The maximum atomic E-state index is 15.0. The molecular weight excluding hydrogens is 598 g/mol. The van der Waals surface area contributed by atoms with Crippen LogP contribution in [-0.2, 0) is 41.8 Å². The highest BCUT2D eigenvalue weighted by Crippen LogP contribution is 2.43. The van der Waals surface area contributed by atoms with Crippen molar-refractivity contribution >= 4 is 29.0 Å². The van der Waals surface area contributed by atoms with Crippen molar-refractivity contribution in [2.45, 2.75) is 44.8 Å². The molecule has 1 unspecified atom stereocenters. The Morgan fingerprint density at radius 1 is 1.16 bits per heavy atom. The first-order valence-corrected chi connectivity index (χ1v) is 14.0. The molecule has 3 aliphatic rings. The summed E-state index contributed by atoms with van der Waals surface area (Å²) >= 11 is 6.74. The van der Waals surface area contributed by atoms with Gasteiger partial charge in [-0.05, 0) is 18.6 Å². The van der Waals surface area contributed by atoms with Crippen molar-refractivity contribution in [1.82, 2.24) is 24.6 Å². The molecule has 11 nitrogen and oxygen atoms in total. The summed E-state index contributed by atoms with van der Waals surface area (Å²) in [6.45, 7) is 2.84. The van der Waals surface area contributed by atoms with Gasteiger partial charge in [0.1, 0.15) is 5.82 Å². The SMILES string of the molecule is COc1nc2c(c(N3CCCn4nc(C(=O)N5CCOCC5)c(Cl)c4C3)n1)COC(c1c(C(F)(F)F)ccc(N)c1F)C2. The first-order chi connectivity index (χ1) is 20.6. The molecule has 2 N–H and O–H groups in total. The van der Waals surface area contributed by atoms with Gasteiger partial charge in [-0.15, -0.1) is 0 Å². The van der Waals surface area contributed by atoms with Crippen LogP contribution in [0.25, 0.3) is 0 Å². The van der Waals surface area contributed by atoms with Gasteiger partial charge in [0.15, 0.2) is 11.5 Å². The molecule has 2 aromatic heterocycles. The molecule has 1 aromatic carbocycles. The van der Waals surface area contributed by atoms with Gasteiger partial charge in [-0.2, -0.15) is 28.2 Å². The van der Waals surface area contributed by atoms with Gasteiger partial charge >= 0.3 is 12.2 Å².